The second kappa shape index (κ2) is 9.89. The maximum absolute atomic E-state index is 12.7. The number of morpholine rings is 1. The molecule has 1 atom stereocenters. The van der Waals surface area contributed by atoms with Crippen molar-refractivity contribution < 1.29 is 14.5 Å². The number of carbonyl (C=O) groups excluding carboxylic acids is 1. The first-order chi connectivity index (χ1) is 15.1. The van der Waals surface area contributed by atoms with Crippen LogP contribution >= 0.6 is 0 Å². The number of benzene rings is 2. The number of nitrogens with zero attached hydrogens (tertiary/aromatic N) is 3. The zero-order valence-corrected chi connectivity index (χ0v) is 17.5. The summed E-state index contributed by atoms with van der Waals surface area (Å²) in [5, 5.41) is 14.4. The van der Waals surface area contributed by atoms with Crippen LogP contribution in [0, 0.1) is 10.1 Å². The van der Waals surface area contributed by atoms with E-state index in [0.29, 0.717) is 24.4 Å². The molecule has 8 nitrogen and oxygen atoms in total. The number of anilines is 1. The molecule has 0 radical (unpaired) electrons. The Balaban J connectivity index is 1.34. The topological polar surface area (TPSA) is 88.0 Å². The maximum Gasteiger partial charge on any atom is 0.293 e. The highest BCUT2D eigenvalue weighted by Crippen LogP contribution is 2.31. The van der Waals surface area contributed by atoms with Crippen LogP contribution in [-0.4, -0.2) is 61.2 Å². The summed E-state index contributed by atoms with van der Waals surface area (Å²) in [5.41, 5.74) is 2.12. The molecule has 2 saturated heterocycles. The molecule has 0 aromatic heterocycles. The summed E-state index contributed by atoms with van der Waals surface area (Å²) < 4.78 is 5.81. The molecule has 8 heteroatoms. The van der Waals surface area contributed by atoms with E-state index in [1.807, 2.05) is 23.1 Å². The van der Waals surface area contributed by atoms with Crippen LogP contribution in [0.3, 0.4) is 0 Å². The average molecular weight is 425 g/mol. The Morgan fingerprint density at radius 2 is 1.90 bits per heavy atom. The first kappa shape index (κ1) is 21.3. The minimum Gasteiger partial charge on any atom is -0.374 e. The van der Waals surface area contributed by atoms with Gasteiger partial charge in [-0.05, 0) is 30.5 Å². The van der Waals surface area contributed by atoms with Gasteiger partial charge in [-0.25, -0.2) is 0 Å². The molecule has 1 unspecified atom stereocenters. The zero-order valence-electron chi connectivity index (χ0n) is 17.5. The van der Waals surface area contributed by atoms with E-state index in [1.165, 1.54) is 11.6 Å². The van der Waals surface area contributed by atoms with E-state index < -0.39 is 4.92 Å². The van der Waals surface area contributed by atoms with Crippen molar-refractivity contribution in [3.63, 3.8) is 0 Å². The van der Waals surface area contributed by atoms with Crippen LogP contribution in [-0.2, 0) is 11.3 Å². The summed E-state index contributed by atoms with van der Waals surface area (Å²) in [6.45, 7) is 5.02. The molecule has 0 spiro atoms. The normalized spacial score (nSPS) is 19.4. The van der Waals surface area contributed by atoms with E-state index in [2.05, 4.69) is 22.3 Å². The van der Waals surface area contributed by atoms with Gasteiger partial charge in [0.25, 0.3) is 11.6 Å². The van der Waals surface area contributed by atoms with Gasteiger partial charge in [-0.2, -0.15) is 0 Å². The largest absolute Gasteiger partial charge is 0.374 e. The van der Waals surface area contributed by atoms with Gasteiger partial charge in [0.1, 0.15) is 5.69 Å². The average Bonchev–Trinajstić information content (AvgIpc) is 3.33. The summed E-state index contributed by atoms with van der Waals surface area (Å²) in [4.78, 5) is 28.1. The molecule has 164 valence electrons. The molecule has 0 saturated carbocycles. The number of hydrogen-bond donors (Lipinski definition) is 1. The van der Waals surface area contributed by atoms with Crippen LogP contribution in [0.15, 0.2) is 48.5 Å². The molecule has 2 aromatic carbocycles. The molecule has 0 aliphatic carbocycles. The van der Waals surface area contributed by atoms with Crippen molar-refractivity contribution in [2.24, 2.45) is 0 Å². The number of rotatable bonds is 7. The Morgan fingerprint density at radius 1 is 1.13 bits per heavy atom. The van der Waals surface area contributed by atoms with Gasteiger partial charge in [-0.15, -0.1) is 0 Å². The number of nitro groups is 1. The van der Waals surface area contributed by atoms with Crippen molar-refractivity contribution in [2.45, 2.75) is 25.5 Å². The van der Waals surface area contributed by atoms with E-state index in [4.69, 9.17) is 4.74 Å². The third kappa shape index (κ3) is 5.39. The lowest BCUT2D eigenvalue weighted by Crippen LogP contribution is -2.47. The summed E-state index contributed by atoms with van der Waals surface area (Å²) in [6, 6.07) is 15.0. The fourth-order valence-corrected chi connectivity index (χ4v) is 4.23. The van der Waals surface area contributed by atoms with Crippen molar-refractivity contribution >= 4 is 17.3 Å². The summed E-state index contributed by atoms with van der Waals surface area (Å²) in [7, 11) is 0. The first-order valence-electron chi connectivity index (χ1n) is 10.8. The Hall–Kier alpha value is -2.97. The fraction of sp³-hybridized carbons (Fsp3) is 0.435. The fourth-order valence-electron chi connectivity index (χ4n) is 4.23. The summed E-state index contributed by atoms with van der Waals surface area (Å²) in [5.74, 6) is -0.320. The van der Waals surface area contributed by atoms with Crippen LogP contribution < -0.4 is 10.2 Å². The Labute approximate surface area is 181 Å². The summed E-state index contributed by atoms with van der Waals surface area (Å²) >= 11 is 0. The maximum atomic E-state index is 12.7. The van der Waals surface area contributed by atoms with Gasteiger partial charge in [-0.1, -0.05) is 30.3 Å². The quantitative estimate of drug-likeness (QED) is 0.543. The van der Waals surface area contributed by atoms with Gasteiger partial charge in [0.15, 0.2) is 0 Å². The van der Waals surface area contributed by atoms with E-state index in [-0.39, 0.29) is 17.7 Å². The molecule has 1 N–H and O–H groups in total. The molecule has 2 aliphatic rings. The second-order valence-electron chi connectivity index (χ2n) is 8.08. The van der Waals surface area contributed by atoms with Gasteiger partial charge in [0, 0.05) is 50.9 Å². The minimum absolute atomic E-state index is 0.0162. The predicted octanol–water partition coefficient (Wildman–Crippen LogP) is 2.83. The molecule has 4 rings (SSSR count). The lowest BCUT2D eigenvalue weighted by atomic mass is 10.1. The van der Waals surface area contributed by atoms with Crippen LogP contribution in [0.5, 0.6) is 0 Å². The standard InChI is InChI=1S/C23H28N4O4/c28-23(19-8-9-21(22(14-19)27(29)30)26-10-4-5-11-26)24-15-20-17-25(12-13-31-20)16-18-6-2-1-3-7-18/h1-3,6-9,14,20H,4-5,10-13,15-17H2,(H,24,28). The third-order valence-electron chi connectivity index (χ3n) is 5.84. The van der Waals surface area contributed by atoms with Crippen molar-refractivity contribution in [3.05, 3.63) is 69.8 Å². The van der Waals surface area contributed by atoms with E-state index >= 15 is 0 Å². The van der Waals surface area contributed by atoms with Gasteiger partial charge in [-0.3, -0.25) is 19.8 Å². The van der Waals surface area contributed by atoms with Gasteiger partial charge in [0.2, 0.25) is 0 Å². The molecular weight excluding hydrogens is 396 g/mol. The van der Waals surface area contributed by atoms with E-state index in [1.54, 1.807) is 12.1 Å². The van der Waals surface area contributed by atoms with E-state index in [0.717, 1.165) is 45.6 Å². The van der Waals surface area contributed by atoms with Crippen molar-refractivity contribution in [1.29, 1.82) is 0 Å². The zero-order chi connectivity index (χ0) is 21.6. The number of nitrogens with one attached hydrogen (secondary N) is 1. The van der Waals surface area contributed by atoms with Crippen LogP contribution in [0.2, 0.25) is 0 Å². The third-order valence-corrected chi connectivity index (χ3v) is 5.84. The lowest BCUT2D eigenvalue weighted by molar-refractivity contribution is -0.384. The molecule has 2 heterocycles. The second-order valence-corrected chi connectivity index (χ2v) is 8.08. The highest BCUT2D eigenvalue weighted by molar-refractivity contribution is 5.95. The van der Waals surface area contributed by atoms with Crippen molar-refractivity contribution in [3.8, 4) is 0 Å². The summed E-state index contributed by atoms with van der Waals surface area (Å²) in [6.07, 6.45) is 1.95. The van der Waals surface area contributed by atoms with E-state index in [9.17, 15) is 14.9 Å². The van der Waals surface area contributed by atoms with Gasteiger partial charge < -0.3 is 15.0 Å². The van der Waals surface area contributed by atoms with Crippen LogP contribution in [0.4, 0.5) is 11.4 Å². The minimum atomic E-state index is -0.407. The Morgan fingerprint density at radius 3 is 2.65 bits per heavy atom. The highest BCUT2D eigenvalue weighted by atomic mass is 16.6. The SMILES string of the molecule is O=C(NCC1CN(Cc2ccccc2)CCO1)c1ccc(N2CCCC2)c([N+](=O)[O-])c1. The van der Waals surface area contributed by atoms with Crippen molar-refractivity contribution in [1.82, 2.24) is 10.2 Å². The molecule has 2 fully saturated rings. The molecule has 2 aliphatic heterocycles. The molecule has 2 aromatic rings. The number of carbonyl (C=O) groups is 1. The number of amides is 1. The number of hydrogen-bond acceptors (Lipinski definition) is 6. The van der Waals surface area contributed by atoms with Gasteiger partial charge >= 0.3 is 0 Å². The molecular formula is C23H28N4O4. The first-order valence-corrected chi connectivity index (χ1v) is 10.8. The van der Waals surface area contributed by atoms with Crippen LogP contribution in [0.1, 0.15) is 28.8 Å². The molecule has 1 amide bonds. The smallest absolute Gasteiger partial charge is 0.293 e. The number of ether oxygens (including phenoxy) is 1. The van der Waals surface area contributed by atoms with Gasteiger partial charge in [0.05, 0.1) is 17.6 Å². The number of nitro benzene ring substituents is 1. The monoisotopic (exact) mass is 424 g/mol. The lowest BCUT2D eigenvalue weighted by Gasteiger charge is -2.33. The van der Waals surface area contributed by atoms with Crippen LogP contribution in [0.25, 0.3) is 0 Å². The highest BCUT2D eigenvalue weighted by Gasteiger charge is 2.25. The Kier molecular flexibility index (Phi) is 6.79. The Bertz CT molecular complexity index is 915. The molecule has 0 bridgehead atoms. The predicted molar refractivity (Wildman–Crippen MR) is 118 cm³/mol. The molecule has 31 heavy (non-hydrogen) atoms. The van der Waals surface area contributed by atoms with Crippen molar-refractivity contribution in [2.75, 3.05) is 44.2 Å².